The van der Waals surface area contributed by atoms with Crippen LogP contribution in [0, 0.1) is 17.1 Å². The fourth-order valence-electron chi connectivity index (χ4n) is 2.35. The van der Waals surface area contributed by atoms with E-state index in [1.54, 1.807) is 0 Å². The zero-order chi connectivity index (χ0) is 14.3. The van der Waals surface area contributed by atoms with Crippen molar-refractivity contribution in [2.45, 2.75) is 64.2 Å². The summed E-state index contributed by atoms with van der Waals surface area (Å²) in [6.45, 7) is 12.7. The number of hydrogen-bond acceptors (Lipinski definition) is 4. The summed E-state index contributed by atoms with van der Waals surface area (Å²) < 4.78 is 11.7. The Morgan fingerprint density at radius 3 is 2.53 bits per heavy atom. The van der Waals surface area contributed by atoms with Crippen LogP contribution in [0.2, 0.25) is 0 Å². The molecule has 0 spiro atoms. The van der Waals surface area contributed by atoms with Gasteiger partial charge in [0.05, 0.1) is 6.61 Å². The molecule has 2 aliphatic rings. The second-order valence-electron chi connectivity index (χ2n) is 6.94. The SMILES string of the molecule is C#CSC1COCN(C(C)(C)C(C)(C)C)C2OC2C1. The van der Waals surface area contributed by atoms with Crippen LogP contribution in [0.3, 0.4) is 0 Å². The molecule has 0 radical (unpaired) electrons. The third-order valence-electron chi connectivity index (χ3n) is 4.68. The molecule has 3 nitrogen and oxygen atoms in total. The standard InChI is InChI=1S/C15H25NO2S/c1-7-19-11-8-12-13(18-12)16(10-17-9-11)15(5,6)14(2,3)4/h1,11-13H,8-10H2,2-6H3. The first kappa shape index (κ1) is 15.2. The average Bonchev–Trinajstić information content (AvgIpc) is 2.97. The van der Waals surface area contributed by atoms with Gasteiger partial charge in [0.25, 0.3) is 0 Å². The van der Waals surface area contributed by atoms with Gasteiger partial charge in [0, 0.05) is 10.8 Å². The van der Waals surface area contributed by atoms with E-state index in [-0.39, 0.29) is 17.2 Å². The molecule has 0 amide bonds. The molecule has 2 aliphatic heterocycles. The Labute approximate surface area is 121 Å². The van der Waals surface area contributed by atoms with E-state index >= 15 is 0 Å². The molecule has 0 aromatic carbocycles. The fourth-order valence-corrected chi connectivity index (χ4v) is 2.99. The van der Waals surface area contributed by atoms with Gasteiger partial charge >= 0.3 is 0 Å². The maximum absolute atomic E-state index is 5.87. The molecular formula is C15H25NO2S. The van der Waals surface area contributed by atoms with Gasteiger partial charge in [-0.15, -0.1) is 6.42 Å². The largest absolute Gasteiger partial charge is 0.365 e. The lowest BCUT2D eigenvalue weighted by Gasteiger charge is -2.47. The average molecular weight is 283 g/mol. The van der Waals surface area contributed by atoms with Crippen LogP contribution < -0.4 is 0 Å². The van der Waals surface area contributed by atoms with Crippen LogP contribution in [-0.4, -0.2) is 41.4 Å². The van der Waals surface area contributed by atoms with Crippen LogP contribution in [0.1, 0.15) is 41.0 Å². The minimum absolute atomic E-state index is 0.0263. The first-order valence-corrected chi connectivity index (χ1v) is 7.76. The Kier molecular flexibility index (Phi) is 4.23. The Hall–Kier alpha value is -0.210. The number of terminal acetylenes is 1. The molecule has 2 fully saturated rings. The van der Waals surface area contributed by atoms with Crippen molar-refractivity contribution >= 4 is 11.8 Å². The fraction of sp³-hybridized carbons (Fsp3) is 0.867. The number of rotatable bonds is 2. The topological polar surface area (TPSA) is 25.0 Å². The maximum atomic E-state index is 5.87. The summed E-state index contributed by atoms with van der Waals surface area (Å²) in [7, 11) is 0. The van der Waals surface area contributed by atoms with Gasteiger partial charge in [-0.1, -0.05) is 32.5 Å². The van der Waals surface area contributed by atoms with Gasteiger partial charge in [-0.3, -0.25) is 0 Å². The first-order chi connectivity index (χ1) is 8.77. The Morgan fingerprint density at radius 1 is 1.26 bits per heavy atom. The number of hydrogen-bond donors (Lipinski definition) is 0. The van der Waals surface area contributed by atoms with Crippen molar-refractivity contribution in [3.8, 4) is 11.7 Å². The molecule has 3 atom stereocenters. The van der Waals surface area contributed by atoms with Crippen molar-refractivity contribution in [1.29, 1.82) is 0 Å². The van der Waals surface area contributed by atoms with Crippen molar-refractivity contribution < 1.29 is 9.47 Å². The highest BCUT2D eigenvalue weighted by Crippen LogP contribution is 2.43. The molecular weight excluding hydrogens is 258 g/mol. The summed E-state index contributed by atoms with van der Waals surface area (Å²) in [6.07, 6.45) is 6.86. The van der Waals surface area contributed by atoms with Crippen molar-refractivity contribution in [1.82, 2.24) is 4.90 Å². The summed E-state index contributed by atoms with van der Waals surface area (Å²) >= 11 is 1.52. The van der Waals surface area contributed by atoms with E-state index in [2.05, 4.69) is 44.8 Å². The molecule has 0 aromatic heterocycles. The highest BCUT2D eigenvalue weighted by Gasteiger charge is 2.53. The zero-order valence-corrected chi connectivity index (χ0v) is 13.4. The van der Waals surface area contributed by atoms with Crippen LogP contribution in [0.15, 0.2) is 0 Å². The van der Waals surface area contributed by atoms with E-state index in [0.717, 1.165) is 6.42 Å². The number of nitrogens with zero attached hydrogens (tertiary/aromatic N) is 1. The predicted molar refractivity (Wildman–Crippen MR) is 79.7 cm³/mol. The van der Waals surface area contributed by atoms with Crippen LogP contribution in [0.4, 0.5) is 0 Å². The second kappa shape index (κ2) is 5.29. The van der Waals surface area contributed by atoms with E-state index in [1.165, 1.54) is 11.8 Å². The third kappa shape index (κ3) is 3.11. The Balaban J connectivity index is 2.06. The Bertz CT molecular complexity index is 369. The van der Waals surface area contributed by atoms with Crippen molar-refractivity contribution in [3.63, 3.8) is 0 Å². The van der Waals surface area contributed by atoms with Gasteiger partial charge in [-0.25, -0.2) is 4.90 Å². The number of epoxide rings is 1. The predicted octanol–water partition coefficient (Wildman–Crippen LogP) is 2.91. The molecule has 0 aliphatic carbocycles. The van der Waals surface area contributed by atoms with Crippen molar-refractivity contribution in [2.24, 2.45) is 5.41 Å². The van der Waals surface area contributed by atoms with Gasteiger partial charge in [0.2, 0.25) is 0 Å². The molecule has 0 N–H and O–H groups in total. The van der Waals surface area contributed by atoms with E-state index < -0.39 is 0 Å². The highest BCUT2D eigenvalue weighted by molar-refractivity contribution is 8.04. The van der Waals surface area contributed by atoms with Crippen LogP contribution in [0.25, 0.3) is 0 Å². The molecule has 2 saturated heterocycles. The van der Waals surface area contributed by atoms with E-state index in [1.807, 2.05) is 0 Å². The number of ether oxygens (including phenoxy) is 2. The van der Waals surface area contributed by atoms with Crippen molar-refractivity contribution in [3.05, 3.63) is 0 Å². The van der Waals surface area contributed by atoms with Gasteiger partial charge in [-0.05, 0) is 30.9 Å². The summed E-state index contributed by atoms with van der Waals surface area (Å²) in [5, 5.41) is 3.02. The normalized spacial score (nSPS) is 32.9. The summed E-state index contributed by atoms with van der Waals surface area (Å²) in [5.41, 5.74) is 0.192. The van der Waals surface area contributed by atoms with Gasteiger partial charge in [-0.2, -0.15) is 0 Å². The molecule has 108 valence electrons. The van der Waals surface area contributed by atoms with Gasteiger partial charge in [0.15, 0.2) is 0 Å². The molecule has 0 saturated carbocycles. The molecule has 2 rings (SSSR count). The van der Waals surface area contributed by atoms with Crippen molar-refractivity contribution in [2.75, 3.05) is 13.3 Å². The van der Waals surface area contributed by atoms with Gasteiger partial charge in [0.1, 0.15) is 19.1 Å². The highest BCUT2D eigenvalue weighted by atomic mass is 32.2. The number of fused-ring (bicyclic) bond motifs is 1. The zero-order valence-electron chi connectivity index (χ0n) is 12.6. The molecule has 3 unspecified atom stereocenters. The molecule has 2 heterocycles. The van der Waals surface area contributed by atoms with Gasteiger partial charge < -0.3 is 9.47 Å². The summed E-state index contributed by atoms with van der Waals surface area (Å²) in [4.78, 5) is 2.36. The quantitative estimate of drug-likeness (QED) is 0.575. The lowest BCUT2D eigenvalue weighted by atomic mass is 9.75. The molecule has 4 heteroatoms. The smallest absolute Gasteiger partial charge is 0.140 e. The van der Waals surface area contributed by atoms with E-state index in [0.29, 0.717) is 24.7 Å². The first-order valence-electron chi connectivity index (χ1n) is 6.88. The minimum Gasteiger partial charge on any atom is -0.365 e. The van der Waals surface area contributed by atoms with Crippen LogP contribution in [0.5, 0.6) is 0 Å². The van der Waals surface area contributed by atoms with E-state index in [4.69, 9.17) is 15.9 Å². The monoisotopic (exact) mass is 283 g/mol. The lowest BCUT2D eigenvalue weighted by molar-refractivity contribution is -0.0900. The maximum Gasteiger partial charge on any atom is 0.140 e. The summed E-state index contributed by atoms with van der Waals surface area (Å²) in [5.74, 6) is 0. The van der Waals surface area contributed by atoms with E-state index in [9.17, 15) is 0 Å². The third-order valence-corrected chi connectivity index (χ3v) is 5.48. The second-order valence-corrected chi connectivity index (χ2v) is 8.08. The van der Waals surface area contributed by atoms with Crippen LogP contribution >= 0.6 is 11.8 Å². The Morgan fingerprint density at radius 2 is 1.95 bits per heavy atom. The molecule has 0 aromatic rings. The number of thioether (sulfide) groups is 1. The summed E-state index contributed by atoms with van der Waals surface area (Å²) in [6, 6.07) is 0. The molecule has 0 bridgehead atoms. The van der Waals surface area contributed by atoms with Crippen LogP contribution in [-0.2, 0) is 9.47 Å². The minimum atomic E-state index is 0.0263. The molecule has 19 heavy (non-hydrogen) atoms. The lowest BCUT2D eigenvalue weighted by Crippen LogP contribution is -2.56.